The predicted octanol–water partition coefficient (Wildman–Crippen LogP) is 3.91. The molecule has 1 saturated carbocycles. The van der Waals surface area contributed by atoms with E-state index in [0.29, 0.717) is 28.5 Å². The lowest BCUT2D eigenvalue weighted by molar-refractivity contribution is -0.137. The lowest BCUT2D eigenvalue weighted by Crippen LogP contribution is -2.41. The van der Waals surface area contributed by atoms with Crippen molar-refractivity contribution in [3.63, 3.8) is 0 Å². The number of hydrogen-bond acceptors (Lipinski definition) is 2. The number of piperidine rings is 1. The molecule has 0 atom stereocenters. The Morgan fingerprint density at radius 2 is 1.82 bits per heavy atom. The Morgan fingerprint density at radius 1 is 1.14 bits per heavy atom. The maximum atomic E-state index is 12.8. The third kappa shape index (κ3) is 4.29. The minimum Gasteiger partial charge on any atom is -0.335 e. The molecule has 1 amide bonds. The molecule has 1 heterocycles. The van der Waals surface area contributed by atoms with Crippen LogP contribution in [-0.2, 0) is 11.3 Å². The average Bonchev–Trinajstić information content (AvgIpc) is 3.33. The van der Waals surface area contributed by atoms with Gasteiger partial charge in [0.15, 0.2) is 0 Å². The molecule has 2 fully saturated rings. The molecule has 0 unspecified atom stereocenters. The van der Waals surface area contributed by atoms with E-state index in [0.717, 1.165) is 44.3 Å². The van der Waals surface area contributed by atoms with E-state index in [4.69, 9.17) is 23.2 Å². The zero-order valence-corrected chi connectivity index (χ0v) is 14.7. The van der Waals surface area contributed by atoms with E-state index in [2.05, 4.69) is 10.2 Å². The van der Waals surface area contributed by atoms with E-state index in [1.54, 1.807) is 6.07 Å². The van der Waals surface area contributed by atoms with Gasteiger partial charge >= 0.3 is 0 Å². The zero-order chi connectivity index (χ0) is 14.8. The second-order valence-electron chi connectivity index (χ2n) is 5.97. The van der Waals surface area contributed by atoms with Crippen LogP contribution in [0.4, 0.5) is 0 Å². The highest BCUT2D eigenvalue weighted by molar-refractivity contribution is 6.42. The van der Waals surface area contributed by atoms with Crippen LogP contribution in [0.25, 0.3) is 0 Å². The molecule has 1 aliphatic carbocycles. The fraction of sp³-hybridized carbons (Fsp3) is 0.562. The van der Waals surface area contributed by atoms with Gasteiger partial charge in [-0.15, -0.1) is 12.4 Å². The third-order valence-electron chi connectivity index (χ3n) is 4.30. The van der Waals surface area contributed by atoms with Crippen molar-refractivity contribution in [2.75, 3.05) is 13.1 Å². The first-order valence-corrected chi connectivity index (χ1v) is 8.36. The molecule has 3 rings (SSSR count). The Balaban J connectivity index is 0.00000176. The van der Waals surface area contributed by atoms with Gasteiger partial charge in [0.1, 0.15) is 0 Å². The van der Waals surface area contributed by atoms with Gasteiger partial charge in [-0.25, -0.2) is 0 Å². The Kier molecular flexibility index (Phi) is 6.39. The summed E-state index contributed by atoms with van der Waals surface area (Å²) in [5.74, 6) is 0.486. The van der Waals surface area contributed by atoms with Crippen molar-refractivity contribution in [1.29, 1.82) is 0 Å². The lowest BCUT2D eigenvalue weighted by atomic mass is 9.96. The van der Waals surface area contributed by atoms with Gasteiger partial charge in [0.25, 0.3) is 0 Å². The van der Waals surface area contributed by atoms with Crippen LogP contribution in [0.2, 0.25) is 10.0 Å². The van der Waals surface area contributed by atoms with Gasteiger partial charge in [0, 0.05) is 18.5 Å². The first-order chi connectivity index (χ1) is 10.1. The molecule has 22 heavy (non-hydrogen) atoms. The molecule has 0 bridgehead atoms. The fourth-order valence-corrected chi connectivity index (χ4v) is 3.23. The second-order valence-corrected chi connectivity index (χ2v) is 6.78. The van der Waals surface area contributed by atoms with Crippen LogP contribution >= 0.6 is 35.6 Å². The van der Waals surface area contributed by atoms with Crippen molar-refractivity contribution in [2.24, 2.45) is 5.92 Å². The summed E-state index contributed by atoms with van der Waals surface area (Å²) in [7, 11) is 0. The van der Waals surface area contributed by atoms with Crippen molar-refractivity contribution in [3.8, 4) is 0 Å². The number of carbonyl (C=O) groups is 1. The van der Waals surface area contributed by atoms with Crippen LogP contribution in [0.3, 0.4) is 0 Å². The Morgan fingerprint density at radius 3 is 2.41 bits per heavy atom. The molecule has 3 nitrogen and oxygen atoms in total. The van der Waals surface area contributed by atoms with Gasteiger partial charge in [0.2, 0.25) is 5.91 Å². The number of halogens is 3. The van der Waals surface area contributed by atoms with Crippen molar-refractivity contribution in [3.05, 3.63) is 33.8 Å². The number of rotatable bonds is 4. The largest absolute Gasteiger partial charge is 0.335 e. The maximum absolute atomic E-state index is 12.8. The van der Waals surface area contributed by atoms with Gasteiger partial charge in [-0.3, -0.25) is 4.79 Å². The summed E-state index contributed by atoms with van der Waals surface area (Å²) >= 11 is 12.0. The number of benzene rings is 1. The Labute approximate surface area is 147 Å². The van der Waals surface area contributed by atoms with Crippen LogP contribution < -0.4 is 5.32 Å². The monoisotopic (exact) mass is 362 g/mol. The number of nitrogens with zero attached hydrogens (tertiary/aromatic N) is 1. The lowest BCUT2D eigenvalue weighted by Gasteiger charge is -2.30. The average molecular weight is 364 g/mol. The summed E-state index contributed by atoms with van der Waals surface area (Å²) < 4.78 is 0. The number of amides is 1. The van der Waals surface area contributed by atoms with Crippen molar-refractivity contribution in [1.82, 2.24) is 10.2 Å². The van der Waals surface area contributed by atoms with E-state index < -0.39 is 0 Å². The first-order valence-electron chi connectivity index (χ1n) is 7.60. The summed E-state index contributed by atoms with van der Waals surface area (Å²) in [6.07, 6.45) is 4.14. The molecule has 1 aromatic carbocycles. The topological polar surface area (TPSA) is 32.3 Å². The summed E-state index contributed by atoms with van der Waals surface area (Å²) in [4.78, 5) is 14.8. The van der Waals surface area contributed by atoms with E-state index >= 15 is 0 Å². The predicted molar refractivity (Wildman–Crippen MR) is 92.9 cm³/mol. The van der Waals surface area contributed by atoms with Gasteiger partial charge in [-0.1, -0.05) is 29.3 Å². The molecule has 2 aliphatic rings. The molecule has 0 aromatic heterocycles. The number of nitrogens with one attached hydrogen (secondary N) is 1. The summed E-state index contributed by atoms with van der Waals surface area (Å²) in [6, 6.07) is 6.05. The smallest absolute Gasteiger partial charge is 0.226 e. The summed E-state index contributed by atoms with van der Waals surface area (Å²) in [5.41, 5.74) is 1.05. The van der Waals surface area contributed by atoms with E-state index in [1.165, 1.54) is 0 Å². The fourth-order valence-electron chi connectivity index (χ4n) is 2.91. The maximum Gasteiger partial charge on any atom is 0.226 e. The number of hydrogen-bond donors (Lipinski definition) is 1. The van der Waals surface area contributed by atoms with Crippen LogP contribution in [-0.4, -0.2) is 29.9 Å². The molecule has 0 radical (unpaired) electrons. The minimum atomic E-state index is 0. The van der Waals surface area contributed by atoms with Crippen molar-refractivity contribution in [2.45, 2.75) is 38.3 Å². The highest BCUT2D eigenvalue weighted by Crippen LogP contribution is 2.32. The minimum absolute atomic E-state index is 0. The molecular formula is C16H21Cl3N2O. The molecule has 1 aromatic rings. The van der Waals surface area contributed by atoms with Crippen molar-refractivity contribution < 1.29 is 4.79 Å². The molecule has 1 N–H and O–H groups in total. The highest BCUT2D eigenvalue weighted by atomic mass is 35.5. The van der Waals surface area contributed by atoms with Crippen LogP contribution in [0.15, 0.2) is 18.2 Å². The SMILES string of the molecule is Cl.O=C(C1CCNCC1)N(Cc1ccc(Cl)c(Cl)c1)C1CC1. The van der Waals surface area contributed by atoms with Crippen LogP contribution in [0.5, 0.6) is 0 Å². The quantitative estimate of drug-likeness (QED) is 0.879. The second kappa shape index (κ2) is 7.87. The van der Waals surface area contributed by atoms with Gasteiger partial charge in [-0.05, 0) is 56.5 Å². The number of carbonyl (C=O) groups excluding carboxylic acids is 1. The Bertz CT molecular complexity index is 528. The van der Waals surface area contributed by atoms with Gasteiger partial charge in [0.05, 0.1) is 10.0 Å². The molecule has 0 spiro atoms. The zero-order valence-electron chi connectivity index (χ0n) is 12.4. The van der Waals surface area contributed by atoms with E-state index in [1.807, 2.05) is 12.1 Å². The first kappa shape index (κ1) is 17.9. The van der Waals surface area contributed by atoms with Crippen LogP contribution in [0, 0.1) is 5.92 Å². The highest BCUT2D eigenvalue weighted by Gasteiger charge is 2.36. The third-order valence-corrected chi connectivity index (χ3v) is 5.04. The molecule has 6 heteroatoms. The van der Waals surface area contributed by atoms with Crippen LogP contribution in [0.1, 0.15) is 31.2 Å². The van der Waals surface area contributed by atoms with Gasteiger partial charge < -0.3 is 10.2 Å². The standard InChI is InChI=1S/C16H20Cl2N2O.ClH/c17-14-4-1-11(9-15(14)18)10-20(13-2-3-13)16(21)12-5-7-19-8-6-12;/h1,4,9,12-13,19H,2-3,5-8,10H2;1H. The molecule has 1 aliphatic heterocycles. The summed E-state index contributed by atoms with van der Waals surface area (Å²) in [5, 5.41) is 4.43. The van der Waals surface area contributed by atoms with Crippen molar-refractivity contribution >= 4 is 41.5 Å². The Hall–Kier alpha value is -0.480. The normalized spacial score (nSPS) is 18.6. The molecule has 122 valence electrons. The van der Waals surface area contributed by atoms with E-state index in [9.17, 15) is 4.79 Å². The summed E-state index contributed by atoms with van der Waals surface area (Å²) in [6.45, 7) is 2.54. The van der Waals surface area contributed by atoms with E-state index in [-0.39, 0.29) is 18.3 Å². The molecule has 1 saturated heterocycles. The van der Waals surface area contributed by atoms with Gasteiger partial charge in [-0.2, -0.15) is 0 Å². The molecular weight excluding hydrogens is 343 g/mol.